The summed E-state index contributed by atoms with van der Waals surface area (Å²) in [5.74, 6) is -1.72. The molecule has 9 nitrogen and oxygen atoms in total. The molecule has 1 aliphatic heterocycles. The Kier molecular flexibility index (Phi) is 6.64. The molecule has 27 heavy (non-hydrogen) atoms. The highest BCUT2D eigenvalue weighted by atomic mass is 16.5. The molecule has 1 atom stereocenters. The van der Waals surface area contributed by atoms with Gasteiger partial charge in [-0.05, 0) is 32.4 Å². The molecule has 0 aliphatic carbocycles. The van der Waals surface area contributed by atoms with E-state index in [1.54, 1.807) is 24.3 Å². The average Bonchev–Trinajstić information content (AvgIpc) is 2.93. The summed E-state index contributed by atoms with van der Waals surface area (Å²) in [7, 11) is 0. The van der Waals surface area contributed by atoms with Crippen molar-refractivity contribution in [3.63, 3.8) is 0 Å². The van der Waals surface area contributed by atoms with Crippen LogP contribution in [0.5, 0.6) is 0 Å². The molecule has 1 saturated heterocycles. The number of esters is 1. The summed E-state index contributed by atoms with van der Waals surface area (Å²) < 4.78 is 5.06. The second-order valence-corrected chi connectivity index (χ2v) is 6.03. The maximum absolute atomic E-state index is 12.2. The molecule has 4 amide bonds. The second kappa shape index (κ2) is 8.93. The number of benzene rings is 1. The maximum atomic E-state index is 12.2. The number of carbonyl (C=O) groups is 5. The van der Waals surface area contributed by atoms with E-state index in [4.69, 9.17) is 4.74 Å². The summed E-state index contributed by atoms with van der Waals surface area (Å²) in [4.78, 5) is 59.5. The van der Waals surface area contributed by atoms with Crippen LogP contribution in [0.1, 0.15) is 37.0 Å². The Morgan fingerprint density at radius 1 is 1.26 bits per heavy atom. The monoisotopic (exact) mass is 375 g/mol. The van der Waals surface area contributed by atoms with Gasteiger partial charge in [-0.25, -0.2) is 4.79 Å². The van der Waals surface area contributed by atoms with Crippen LogP contribution in [0.15, 0.2) is 24.3 Å². The third-order valence-electron chi connectivity index (χ3n) is 3.94. The maximum Gasteiger partial charge on any atom is 0.324 e. The van der Waals surface area contributed by atoms with Gasteiger partial charge in [0.05, 0.1) is 12.2 Å². The highest BCUT2D eigenvalue weighted by Gasteiger charge is 2.28. The molecule has 2 rings (SSSR count). The fourth-order valence-electron chi connectivity index (χ4n) is 2.51. The van der Waals surface area contributed by atoms with Gasteiger partial charge in [0.25, 0.3) is 5.91 Å². The number of amides is 4. The van der Waals surface area contributed by atoms with Gasteiger partial charge in [-0.2, -0.15) is 0 Å². The Balaban J connectivity index is 1.80. The number of ether oxygens (including phenoxy) is 1. The molecule has 144 valence electrons. The van der Waals surface area contributed by atoms with Crippen molar-refractivity contribution < 1.29 is 28.7 Å². The molecule has 0 unspecified atom stereocenters. The molecule has 0 spiro atoms. The Labute approximate surface area is 156 Å². The van der Waals surface area contributed by atoms with E-state index in [-0.39, 0.29) is 37.6 Å². The smallest absolute Gasteiger partial charge is 0.324 e. The normalized spacial score (nSPS) is 14.5. The Bertz CT molecular complexity index is 760. The second-order valence-electron chi connectivity index (χ2n) is 6.03. The van der Waals surface area contributed by atoms with Gasteiger partial charge >= 0.3 is 12.0 Å². The van der Waals surface area contributed by atoms with Crippen molar-refractivity contribution in [3.8, 4) is 0 Å². The minimum atomic E-state index is -1.06. The fourth-order valence-corrected chi connectivity index (χ4v) is 2.51. The lowest BCUT2D eigenvalue weighted by Crippen LogP contribution is -2.33. The predicted octanol–water partition coefficient (Wildman–Crippen LogP) is 1.09. The summed E-state index contributed by atoms with van der Waals surface area (Å²) >= 11 is 0. The molecule has 0 radical (unpaired) electrons. The van der Waals surface area contributed by atoms with Gasteiger partial charge in [-0.15, -0.1) is 0 Å². The third-order valence-corrected chi connectivity index (χ3v) is 3.94. The number of carbonyl (C=O) groups excluding carboxylic acids is 5. The third kappa shape index (κ3) is 5.37. The molecule has 2 N–H and O–H groups in total. The molecule has 1 aliphatic rings. The van der Waals surface area contributed by atoms with Crippen molar-refractivity contribution >= 4 is 35.3 Å². The molecule has 0 saturated carbocycles. The van der Waals surface area contributed by atoms with Crippen molar-refractivity contribution in [3.05, 3.63) is 29.8 Å². The number of anilines is 1. The Hall–Kier alpha value is -3.23. The van der Waals surface area contributed by atoms with E-state index in [1.165, 1.54) is 13.8 Å². The first-order chi connectivity index (χ1) is 12.8. The number of para-hydroxylation sites is 1. The molecule has 1 aromatic rings. The minimum Gasteiger partial charge on any atom is -0.453 e. The zero-order valence-electron chi connectivity index (χ0n) is 15.1. The molecular weight excluding hydrogens is 354 g/mol. The van der Waals surface area contributed by atoms with Gasteiger partial charge in [0, 0.05) is 18.5 Å². The predicted molar refractivity (Wildman–Crippen MR) is 95.0 cm³/mol. The number of Topliss-reactive ketones (excluding diaryl/α,β-unsaturated/α-hetero) is 1. The fraction of sp³-hybridized carbons (Fsp3) is 0.389. The summed E-state index contributed by atoms with van der Waals surface area (Å²) in [6, 6.07) is 6.05. The molecule has 1 fully saturated rings. The van der Waals surface area contributed by atoms with Crippen molar-refractivity contribution in [2.75, 3.05) is 18.4 Å². The molecule has 0 aromatic heterocycles. The van der Waals surface area contributed by atoms with Gasteiger partial charge in [0.1, 0.15) is 0 Å². The van der Waals surface area contributed by atoms with Crippen LogP contribution in [0.2, 0.25) is 0 Å². The highest BCUT2D eigenvalue weighted by molar-refractivity contribution is 6.04. The SMILES string of the molecule is CC(=O)c1ccccc1NC(=O)[C@@H](C)OC(=O)CCCN1C(=O)CNC1=O. The number of rotatable bonds is 8. The molecule has 1 heterocycles. The van der Waals surface area contributed by atoms with E-state index in [9.17, 15) is 24.0 Å². The van der Waals surface area contributed by atoms with Crippen LogP contribution >= 0.6 is 0 Å². The van der Waals surface area contributed by atoms with E-state index in [0.29, 0.717) is 11.3 Å². The lowest BCUT2D eigenvalue weighted by atomic mass is 10.1. The largest absolute Gasteiger partial charge is 0.453 e. The van der Waals surface area contributed by atoms with Crippen molar-refractivity contribution in [1.82, 2.24) is 10.2 Å². The highest BCUT2D eigenvalue weighted by Crippen LogP contribution is 2.16. The number of ketones is 1. The summed E-state index contributed by atoms with van der Waals surface area (Å²) in [6.45, 7) is 2.87. The van der Waals surface area contributed by atoms with Crippen LogP contribution < -0.4 is 10.6 Å². The lowest BCUT2D eigenvalue weighted by Gasteiger charge is -2.15. The summed E-state index contributed by atoms with van der Waals surface area (Å²) in [5, 5.41) is 4.95. The zero-order valence-corrected chi connectivity index (χ0v) is 15.1. The van der Waals surface area contributed by atoms with Crippen molar-refractivity contribution in [2.45, 2.75) is 32.8 Å². The standard InChI is InChI=1S/C18H21N3O6/c1-11(22)13-6-3-4-7-14(13)20-17(25)12(2)27-16(24)8-5-9-21-15(23)10-19-18(21)26/h3-4,6-7,12H,5,8-10H2,1-2H3,(H,19,26)(H,20,25)/t12-/m1/s1. The Morgan fingerprint density at radius 3 is 2.59 bits per heavy atom. The van der Waals surface area contributed by atoms with Crippen LogP contribution in [0, 0.1) is 0 Å². The minimum absolute atomic E-state index is 0.0395. The van der Waals surface area contributed by atoms with Gasteiger partial charge in [0.2, 0.25) is 5.91 Å². The van der Waals surface area contributed by atoms with E-state index in [1.807, 2.05) is 0 Å². The van der Waals surface area contributed by atoms with Gasteiger partial charge < -0.3 is 15.4 Å². The zero-order chi connectivity index (χ0) is 20.0. The number of hydrogen-bond acceptors (Lipinski definition) is 6. The van der Waals surface area contributed by atoms with E-state index in [0.717, 1.165) is 4.90 Å². The first-order valence-corrected chi connectivity index (χ1v) is 8.48. The quantitative estimate of drug-likeness (QED) is 0.398. The van der Waals surface area contributed by atoms with Crippen LogP contribution in [0.25, 0.3) is 0 Å². The molecule has 1 aromatic carbocycles. The number of imide groups is 1. The summed E-state index contributed by atoms with van der Waals surface area (Å²) in [5.41, 5.74) is 0.703. The lowest BCUT2D eigenvalue weighted by molar-refractivity contribution is -0.153. The number of nitrogens with one attached hydrogen (secondary N) is 2. The first-order valence-electron chi connectivity index (χ1n) is 8.48. The van der Waals surface area contributed by atoms with Gasteiger partial charge in [-0.1, -0.05) is 12.1 Å². The first kappa shape index (κ1) is 20.1. The van der Waals surface area contributed by atoms with Crippen molar-refractivity contribution in [1.29, 1.82) is 0 Å². The molecule has 0 bridgehead atoms. The van der Waals surface area contributed by atoms with Crippen LogP contribution in [-0.4, -0.2) is 53.7 Å². The summed E-state index contributed by atoms with van der Waals surface area (Å²) in [6.07, 6.45) is -0.868. The number of nitrogens with zero attached hydrogens (tertiary/aromatic N) is 1. The van der Waals surface area contributed by atoms with Crippen LogP contribution in [0.3, 0.4) is 0 Å². The molecular formula is C18H21N3O6. The Morgan fingerprint density at radius 2 is 1.96 bits per heavy atom. The number of urea groups is 1. The van der Waals surface area contributed by atoms with Crippen LogP contribution in [0.4, 0.5) is 10.5 Å². The van der Waals surface area contributed by atoms with Gasteiger partial charge in [0.15, 0.2) is 11.9 Å². The van der Waals surface area contributed by atoms with E-state index in [2.05, 4.69) is 10.6 Å². The topological polar surface area (TPSA) is 122 Å². The number of hydrogen-bond donors (Lipinski definition) is 2. The van der Waals surface area contributed by atoms with Crippen LogP contribution in [-0.2, 0) is 19.1 Å². The van der Waals surface area contributed by atoms with Gasteiger partial charge in [-0.3, -0.25) is 24.1 Å². The van der Waals surface area contributed by atoms with Crippen molar-refractivity contribution in [2.24, 2.45) is 0 Å². The van der Waals surface area contributed by atoms with E-state index >= 15 is 0 Å². The average molecular weight is 375 g/mol. The molecule has 9 heteroatoms. The van der Waals surface area contributed by atoms with E-state index < -0.39 is 24.0 Å².